The van der Waals surface area contributed by atoms with E-state index >= 15 is 0 Å². The molecule has 25 heavy (non-hydrogen) atoms. The number of aliphatic hydroxyl groups is 1. The first-order chi connectivity index (χ1) is 12.0. The molecule has 3 aliphatic carbocycles. The summed E-state index contributed by atoms with van der Waals surface area (Å²) in [5.41, 5.74) is -1.12. The van der Waals surface area contributed by atoms with E-state index in [-0.39, 0.29) is 15.7 Å². The summed E-state index contributed by atoms with van der Waals surface area (Å²) in [6.45, 7) is 0. The molecule has 1 fully saturated rings. The van der Waals surface area contributed by atoms with Crippen LogP contribution in [0.15, 0.2) is 63.9 Å². The monoisotopic (exact) mass is 393 g/mol. The Labute approximate surface area is 158 Å². The van der Waals surface area contributed by atoms with Crippen LogP contribution in [0.1, 0.15) is 6.42 Å². The van der Waals surface area contributed by atoms with Gasteiger partial charge >= 0.3 is 0 Å². The Morgan fingerprint density at radius 2 is 1.92 bits per heavy atom. The third-order valence-corrected chi connectivity index (χ3v) is 11.5. The maximum atomic E-state index is 13.5. The number of benzene rings is 1. The fraction of sp³-hybridized carbons (Fsp3) is 0.474. The third-order valence-electron chi connectivity index (χ3n) is 5.41. The van der Waals surface area contributed by atoms with Gasteiger partial charge in [0.1, 0.15) is 5.60 Å². The molecule has 1 heterocycles. The van der Waals surface area contributed by atoms with Crippen LogP contribution in [0.4, 0.5) is 0 Å². The molecule has 1 N–H and O–H groups in total. The van der Waals surface area contributed by atoms with Crippen LogP contribution < -0.4 is 0 Å². The van der Waals surface area contributed by atoms with Crippen LogP contribution in [0, 0.1) is 11.8 Å². The van der Waals surface area contributed by atoms with Gasteiger partial charge in [0, 0.05) is 35.3 Å². The Morgan fingerprint density at radius 3 is 2.60 bits per heavy atom. The van der Waals surface area contributed by atoms with Gasteiger partial charge in [-0.2, -0.15) is 0 Å². The molecule has 1 saturated heterocycles. The van der Waals surface area contributed by atoms with Crippen molar-refractivity contribution in [3.8, 4) is 0 Å². The molecule has 134 valence electrons. The van der Waals surface area contributed by atoms with Crippen molar-refractivity contribution in [1.82, 2.24) is 0 Å². The van der Waals surface area contributed by atoms with E-state index in [9.17, 15) is 9.32 Å². The molecule has 0 amide bonds. The molecule has 5 rings (SSSR count). The molecule has 0 saturated carbocycles. The van der Waals surface area contributed by atoms with Crippen molar-refractivity contribution in [2.24, 2.45) is 16.2 Å². The van der Waals surface area contributed by atoms with Gasteiger partial charge in [0.2, 0.25) is 0 Å². The number of allylic oxidation sites excluding steroid dienone is 2. The summed E-state index contributed by atoms with van der Waals surface area (Å²) in [5.74, 6) is 2.79. The molecule has 3 nitrogen and oxygen atoms in total. The van der Waals surface area contributed by atoms with Crippen molar-refractivity contribution < 1.29 is 9.32 Å². The molecule has 1 unspecified atom stereocenters. The van der Waals surface area contributed by atoms with Crippen LogP contribution in [-0.4, -0.2) is 43.3 Å². The van der Waals surface area contributed by atoms with Gasteiger partial charge in [-0.3, -0.25) is 0 Å². The van der Waals surface area contributed by atoms with Gasteiger partial charge in [0.25, 0.3) is 0 Å². The topological polar surface area (TPSA) is 49.7 Å². The van der Waals surface area contributed by atoms with Crippen LogP contribution in [-0.2, 0) is 9.73 Å². The minimum absolute atomic E-state index is 0.0214. The van der Waals surface area contributed by atoms with E-state index in [1.807, 2.05) is 59.9 Å². The van der Waals surface area contributed by atoms with Crippen molar-refractivity contribution in [1.29, 1.82) is 0 Å². The van der Waals surface area contributed by atoms with Crippen LogP contribution >= 0.6 is 23.5 Å². The van der Waals surface area contributed by atoms with Crippen LogP contribution in [0.25, 0.3) is 0 Å². The largest absolute Gasteiger partial charge is 0.384 e. The van der Waals surface area contributed by atoms with E-state index in [0.717, 1.165) is 6.42 Å². The standard InChI is InChI=1S/C19H23NO2S3/c1-20-25(22,17-5-3-2-4-6-17)14-18(21)10-9-15-7-8-16(18)13-19(15)23-11-12-24-19/h2-10,15-16,21H,11-14H2,1H3/t15-,16-,18-,25?/m1/s1. The molecule has 1 spiro atoms. The minimum Gasteiger partial charge on any atom is -0.384 e. The van der Waals surface area contributed by atoms with Gasteiger partial charge in [0.15, 0.2) is 0 Å². The van der Waals surface area contributed by atoms with E-state index in [4.69, 9.17) is 0 Å². The van der Waals surface area contributed by atoms with Gasteiger partial charge in [-0.1, -0.05) is 42.5 Å². The first-order valence-electron chi connectivity index (χ1n) is 8.56. The lowest BCUT2D eigenvalue weighted by molar-refractivity contribution is 0.0666. The smallest absolute Gasteiger partial charge is 0.102 e. The quantitative estimate of drug-likeness (QED) is 0.794. The highest BCUT2D eigenvalue weighted by Crippen LogP contribution is 2.58. The lowest BCUT2D eigenvalue weighted by Crippen LogP contribution is -2.44. The Morgan fingerprint density at radius 1 is 1.20 bits per heavy atom. The molecule has 0 aromatic heterocycles. The summed E-state index contributed by atoms with van der Waals surface area (Å²) in [4.78, 5) is 0.696. The maximum absolute atomic E-state index is 13.5. The SMILES string of the molecule is CN=S(=O)(C[C@]1(O)C=C[C@H]2C=C[C@@H]1CC21SCCS1)c1ccccc1. The average molecular weight is 394 g/mol. The van der Waals surface area contributed by atoms with Crippen LogP contribution in [0.2, 0.25) is 0 Å². The number of hydrogen-bond acceptors (Lipinski definition) is 5. The Kier molecular flexibility index (Phi) is 4.59. The van der Waals surface area contributed by atoms with Gasteiger partial charge in [-0.05, 0) is 18.6 Å². The van der Waals surface area contributed by atoms with Crippen molar-refractivity contribution in [3.05, 3.63) is 54.6 Å². The Bertz CT molecular complexity index is 820. The van der Waals surface area contributed by atoms with E-state index < -0.39 is 15.3 Å². The Balaban J connectivity index is 1.69. The number of hydrogen-bond donors (Lipinski definition) is 1. The summed E-state index contributed by atoms with van der Waals surface area (Å²) >= 11 is 4.04. The van der Waals surface area contributed by atoms with Crippen molar-refractivity contribution in [3.63, 3.8) is 0 Å². The van der Waals surface area contributed by atoms with Gasteiger partial charge in [-0.25, -0.2) is 8.57 Å². The molecule has 2 bridgehead atoms. The highest BCUT2D eigenvalue weighted by atomic mass is 32.2. The number of fused-ring (bicyclic) bond motifs is 1. The average Bonchev–Trinajstić information content (AvgIpc) is 2.99. The molecule has 1 aliphatic heterocycles. The van der Waals surface area contributed by atoms with Gasteiger partial charge in [0.05, 0.1) is 19.6 Å². The van der Waals surface area contributed by atoms with Crippen LogP contribution in [0.5, 0.6) is 0 Å². The van der Waals surface area contributed by atoms with Crippen molar-refractivity contribution >= 4 is 33.3 Å². The highest BCUT2D eigenvalue weighted by molar-refractivity contribution is 8.21. The molecule has 4 atom stereocenters. The summed E-state index contributed by atoms with van der Waals surface area (Å²) in [5, 5.41) is 11.5. The van der Waals surface area contributed by atoms with Gasteiger partial charge < -0.3 is 5.11 Å². The zero-order chi connectivity index (χ0) is 17.5. The van der Waals surface area contributed by atoms with E-state index in [0.29, 0.717) is 10.8 Å². The predicted octanol–water partition coefficient (Wildman–Crippen LogP) is 3.81. The molecular weight excluding hydrogens is 370 g/mol. The first-order valence-corrected chi connectivity index (χ1v) is 12.2. The van der Waals surface area contributed by atoms with E-state index in [2.05, 4.69) is 22.6 Å². The zero-order valence-corrected chi connectivity index (χ0v) is 16.7. The van der Waals surface area contributed by atoms with Crippen molar-refractivity contribution in [2.75, 3.05) is 24.3 Å². The predicted molar refractivity (Wildman–Crippen MR) is 109 cm³/mol. The molecule has 1 aromatic rings. The number of thioether (sulfide) groups is 2. The summed E-state index contributed by atoms with van der Waals surface area (Å²) < 4.78 is 17.9. The second-order valence-electron chi connectivity index (χ2n) is 6.86. The molecular formula is C19H23NO2S3. The summed E-state index contributed by atoms with van der Waals surface area (Å²) in [6, 6.07) is 9.34. The molecule has 0 radical (unpaired) electrons. The second-order valence-corrected chi connectivity index (χ2v) is 12.4. The summed E-state index contributed by atoms with van der Waals surface area (Å²) in [6.07, 6.45) is 9.33. The van der Waals surface area contributed by atoms with Crippen molar-refractivity contribution in [2.45, 2.75) is 21.0 Å². The lowest BCUT2D eigenvalue weighted by Gasteiger charge is -2.40. The second kappa shape index (κ2) is 6.48. The normalized spacial score (nSPS) is 34.8. The fourth-order valence-electron chi connectivity index (χ4n) is 3.99. The third kappa shape index (κ3) is 3.01. The summed E-state index contributed by atoms with van der Waals surface area (Å²) in [7, 11) is -1.07. The first kappa shape index (κ1) is 17.7. The highest BCUT2D eigenvalue weighted by Gasteiger charge is 2.51. The fourth-order valence-corrected chi connectivity index (χ4v) is 9.51. The number of rotatable bonds is 3. The molecule has 4 aliphatic rings. The Hall–Kier alpha value is -0.690. The molecule has 1 aromatic carbocycles. The zero-order valence-electron chi connectivity index (χ0n) is 14.2. The van der Waals surface area contributed by atoms with E-state index in [1.54, 1.807) is 7.05 Å². The molecule has 6 heteroatoms. The maximum Gasteiger partial charge on any atom is 0.102 e. The number of nitrogens with zero attached hydrogens (tertiary/aromatic N) is 1. The lowest BCUT2D eigenvalue weighted by atomic mass is 9.82. The van der Waals surface area contributed by atoms with Gasteiger partial charge in [-0.15, -0.1) is 23.5 Å². The van der Waals surface area contributed by atoms with Crippen LogP contribution in [0.3, 0.4) is 0 Å². The minimum atomic E-state index is -2.66. The van der Waals surface area contributed by atoms with E-state index in [1.165, 1.54) is 11.5 Å².